The van der Waals surface area contributed by atoms with Gasteiger partial charge in [0.25, 0.3) is 0 Å². The Morgan fingerprint density at radius 2 is 2.00 bits per heavy atom. The van der Waals surface area contributed by atoms with Gasteiger partial charge in [-0.3, -0.25) is 4.90 Å². The fraction of sp³-hybridized carbons (Fsp3) is 0.538. The average molecular weight is 293 g/mol. The van der Waals surface area contributed by atoms with E-state index in [1.165, 1.54) is 19.3 Å². The predicted octanol–water partition coefficient (Wildman–Crippen LogP) is 4.59. The molecular formula is C13H16Cl3N. The van der Waals surface area contributed by atoms with Gasteiger partial charge in [-0.2, -0.15) is 0 Å². The third-order valence-electron chi connectivity index (χ3n) is 3.35. The molecule has 0 bridgehead atoms. The molecule has 1 aromatic carbocycles. The zero-order valence-electron chi connectivity index (χ0n) is 9.63. The van der Waals surface area contributed by atoms with Crippen molar-refractivity contribution in [2.75, 3.05) is 12.4 Å². The van der Waals surface area contributed by atoms with Gasteiger partial charge in [0, 0.05) is 35.1 Å². The van der Waals surface area contributed by atoms with Gasteiger partial charge in [0.15, 0.2) is 0 Å². The summed E-state index contributed by atoms with van der Waals surface area (Å²) in [6.45, 7) is 1.79. The molecule has 4 heteroatoms. The van der Waals surface area contributed by atoms with Gasteiger partial charge >= 0.3 is 0 Å². The van der Waals surface area contributed by atoms with Crippen LogP contribution >= 0.6 is 34.8 Å². The summed E-state index contributed by atoms with van der Waals surface area (Å²) < 4.78 is 0. The van der Waals surface area contributed by atoms with Crippen molar-refractivity contribution in [3.63, 3.8) is 0 Å². The van der Waals surface area contributed by atoms with E-state index in [2.05, 4.69) is 4.90 Å². The largest absolute Gasteiger partial charge is 0.295 e. The molecule has 0 unspecified atom stereocenters. The van der Waals surface area contributed by atoms with Gasteiger partial charge in [0.2, 0.25) is 0 Å². The number of rotatable bonds is 5. The summed E-state index contributed by atoms with van der Waals surface area (Å²) in [5.41, 5.74) is 1.13. The van der Waals surface area contributed by atoms with Crippen LogP contribution in [0.5, 0.6) is 0 Å². The fourth-order valence-corrected chi connectivity index (χ4v) is 2.81. The highest BCUT2D eigenvalue weighted by Crippen LogP contribution is 2.28. The van der Waals surface area contributed by atoms with E-state index in [1.807, 2.05) is 12.1 Å². The Hall–Kier alpha value is 0.0500. The quantitative estimate of drug-likeness (QED) is 0.718. The molecule has 1 nitrogen and oxygen atoms in total. The first-order valence-corrected chi connectivity index (χ1v) is 7.23. The summed E-state index contributed by atoms with van der Waals surface area (Å²) in [5, 5.41) is 1.43. The molecule has 0 aromatic heterocycles. The molecule has 0 amide bonds. The van der Waals surface area contributed by atoms with Gasteiger partial charge in [0.1, 0.15) is 0 Å². The van der Waals surface area contributed by atoms with E-state index < -0.39 is 0 Å². The van der Waals surface area contributed by atoms with Gasteiger partial charge in [0.05, 0.1) is 0 Å². The maximum atomic E-state index is 6.20. The number of alkyl halides is 1. The Morgan fingerprint density at radius 3 is 2.53 bits per heavy atom. The fourth-order valence-electron chi connectivity index (χ4n) is 2.12. The van der Waals surface area contributed by atoms with Crippen LogP contribution in [0.25, 0.3) is 0 Å². The second kappa shape index (κ2) is 6.29. The van der Waals surface area contributed by atoms with E-state index in [0.717, 1.165) is 23.7 Å². The second-order valence-electron chi connectivity index (χ2n) is 4.48. The lowest BCUT2D eigenvalue weighted by atomic mass is 9.91. The van der Waals surface area contributed by atoms with Crippen LogP contribution in [0.15, 0.2) is 18.2 Å². The highest BCUT2D eigenvalue weighted by molar-refractivity contribution is 6.35. The summed E-state index contributed by atoms with van der Waals surface area (Å²) in [5.74, 6) is 0.668. The highest BCUT2D eigenvalue weighted by Gasteiger charge is 2.24. The molecule has 1 saturated carbocycles. The Balaban J connectivity index is 2.05. The van der Waals surface area contributed by atoms with Crippen molar-refractivity contribution in [2.45, 2.75) is 31.8 Å². The van der Waals surface area contributed by atoms with E-state index >= 15 is 0 Å². The molecule has 0 radical (unpaired) electrons. The molecule has 0 aliphatic heterocycles. The molecule has 0 spiro atoms. The number of benzene rings is 1. The summed E-state index contributed by atoms with van der Waals surface area (Å²) in [7, 11) is 0. The minimum Gasteiger partial charge on any atom is -0.295 e. The van der Waals surface area contributed by atoms with Crippen molar-refractivity contribution in [1.82, 2.24) is 4.90 Å². The summed E-state index contributed by atoms with van der Waals surface area (Å²) in [4.78, 5) is 2.42. The van der Waals surface area contributed by atoms with Crippen LogP contribution in [0.3, 0.4) is 0 Å². The zero-order valence-corrected chi connectivity index (χ0v) is 11.9. The van der Waals surface area contributed by atoms with E-state index in [-0.39, 0.29) is 0 Å². The molecule has 0 heterocycles. The van der Waals surface area contributed by atoms with Crippen molar-refractivity contribution in [3.8, 4) is 0 Å². The lowest BCUT2D eigenvalue weighted by Gasteiger charge is -2.37. The minimum atomic E-state index is 0.668. The van der Waals surface area contributed by atoms with Crippen LogP contribution in [0.1, 0.15) is 24.8 Å². The lowest BCUT2D eigenvalue weighted by Crippen LogP contribution is -2.40. The molecule has 17 heavy (non-hydrogen) atoms. The molecule has 0 saturated heterocycles. The van der Waals surface area contributed by atoms with Crippen LogP contribution in [0, 0.1) is 0 Å². The first-order valence-electron chi connectivity index (χ1n) is 5.94. The van der Waals surface area contributed by atoms with Crippen LogP contribution in [0.2, 0.25) is 10.0 Å². The van der Waals surface area contributed by atoms with Gasteiger partial charge in [-0.15, -0.1) is 11.6 Å². The summed E-state index contributed by atoms with van der Waals surface area (Å²) in [6.07, 6.45) is 3.89. The SMILES string of the molecule is ClCCN(Cc1ccc(Cl)cc1Cl)C1CCC1. The molecule has 2 rings (SSSR count). The predicted molar refractivity (Wildman–Crippen MR) is 75.2 cm³/mol. The minimum absolute atomic E-state index is 0.668. The van der Waals surface area contributed by atoms with Crippen LogP contribution in [-0.4, -0.2) is 23.4 Å². The molecular weight excluding hydrogens is 277 g/mol. The van der Waals surface area contributed by atoms with Crippen LogP contribution in [-0.2, 0) is 6.54 Å². The lowest BCUT2D eigenvalue weighted by molar-refractivity contribution is 0.127. The topological polar surface area (TPSA) is 3.24 Å². The van der Waals surface area contributed by atoms with Gasteiger partial charge in [-0.25, -0.2) is 0 Å². The Morgan fingerprint density at radius 1 is 1.24 bits per heavy atom. The third kappa shape index (κ3) is 3.51. The van der Waals surface area contributed by atoms with E-state index in [0.29, 0.717) is 16.9 Å². The molecule has 1 aromatic rings. The third-order valence-corrected chi connectivity index (χ3v) is 4.11. The van der Waals surface area contributed by atoms with Crippen molar-refractivity contribution < 1.29 is 0 Å². The maximum Gasteiger partial charge on any atom is 0.0465 e. The van der Waals surface area contributed by atoms with E-state index in [1.54, 1.807) is 6.07 Å². The van der Waals surface area contributed by atoms with Crippen molar-refractivity contribution in [2.24, 2.45) is 0 Å². The Bertz CT molecular complexity index is 377. The van der Waals surface area contributed by atoms with E-state index in [4.69, 9.17) is 34.8 Å². The normalized spacial score (nSPS) is 16.2. The number of nitrogens with zero attached hydrogens (tertiary/aromatic N) is 1. The van der Waals surface area contributed by atoms with E-state index in [9.17, 15) is 0 Å². The van der Waals surface area contributed by atoms with Crippen molar-refractivity contribution in [1.29, 1.82) is 0 Å². The van der Waals surface area contributed by atoms with Crippen molar-refractivity contribution in [3.05, 3.63) is 33.8 Å². The van der Waals surface area contributed by atoms with Gasteiger partial charge in [-0.1, -0.05) is 35.7 Å². The maximum absolute atomic E-state index is 6.20. The van der Waals surface area contributed by atoms with Crippen LogP contribution in [0.4, 0.5) is 0 Å². The average Bonchev–Trinajstić information content (AvgIpc) is 2.20. The second-order valence-corrected chi connectivity index (χ2v) is 5.70. The number of halogens is 3. The van der Waals surface area contributed by atoms with Crippen LogP contribution < -0.4 is 0 Å². The highest BCUT2D eigenvalue weighted by atomic mass is 35.5. The number of hydrogen-bond acceptors (Lipinski definition) is 1. The molecule has 1 aliphatic rings. The Kier molecular flexibility index (Phi) is 4.98. The first-order chi connectivity index (χ1) is 8.20. The standard InChI is InChI=1S/C13H16Cl3N/c14-6-7-17(12-2-1-3-12)9-10-4-5-11(15)8-13(10)16/h4-5,8,12H,1-3,6-7,9H2. The monoisotopic (exact) mass is 291 g/mol. The molecule has 94 valence electrons. The Labute approximate surface area is 118 Å². The summed E-state index contributed by atoms with van der Waals surface area (Å²) >= 11 is 17.9. The molecule has 0 N–H and O–H groups in total. The molecule has 0 atom stereocenters. The summed E-state index contributed by atoms with van der Waals surface area (Å²) in [6, 6.07) is 6.38. The molecule has 1 fully saturated rings. The first kappa shape index (κ1) is 13.5. The smallest absolute Gasteiger partial charge is 0.0465 e. The molecule has 1 aliphatic carbocycles. The number of hydrogen-bond donors (Lipinski definition) is 0. The van der Waals surface area contributed by atoms with Crippen molar-refractivity contribution >= 4 is 34.8 Å². The van der Waals surface area contributed by atoms with Gasteiger partial charge < -0.3 is 0 Å². The zero-order chi connectivity index (χ0) is 12.3. The van der Waals surface area contributed by atoms with Gasteiger partial charge in [-0.05, 0) is 30.5 Å².